The molecule has 0 atom stereocenters. The van der Waals surface area contributed by atoms with Crippen LogP contribution in [0.2, 0.25) is 0 Å². The summed E-state index contributed by atoms with van der Waals surface area (Å²) in [4.78, 5) is 15.7. The lowest BCUT2D eigenvalue weighted by molar-refractivity contribution is 0.207. The van der Waals surface area contributed by atoms with Gasteiger partial charge in [0.1, 0.15) is 0 Å². The number of benzene rings is 1. The van der Waals surface area contributed by atoms with E-state index in [1.54, 1.807) is 23.9 Å². The van der Waals surface area contributed by atoms with E-state index in [9.17, 15) is 10.2 Å². The van der Waals surface area contributed by atoms with Crippen LogP contribution in [-0.2, 0) is 4.74 Å². The molecule has 0 aliphatic heterocycles. The van der Waals surface area contributed by atoms with E-state index in [4.69, 9.17) is 4.74 Å². The zero-order valence-electron chi connectivity index (χ0n) is 15.6. The number of hydrogen-bond acceptors (Lipinski definition) is 8. The van der Waals surface area contributed by atoms with E-state index in [2.05, 4.69) is 30.4 Å². The van der Waals surface area contributed by atoms with Crippen molar-refractivity contribution in [3.63, 3.8) is 0 Å². The summed E-state index contributed by atoms with van der Waals surface area (Å²) in [5.41, 5.74) is 2.02. The molecule has 0 saturated heterocycles. The first-order valence-corrected chi connectivity index (χ1v) is 8.84. The number of anilines is 2. The highest BCUT2D eigenvalue weighted by atomic mass is 16.5. The van der Waals surface area contributed by atoms with Gasteiger partial charge in [-0.05, 0) is 18.2 Å². The Morgan fingerprint density at radius 1 is 1.24 bits per heavy atom. The molecule has 4 N–H and O–H groups in total. The predicted molar refractivity (Wildman–Crippen MR) is 106 cm³/mol. The molecule has 3 aromatic heterocycles. The van der Waals surface area contributed by atoms with Crippen molar-refractivity contribution in [2.24, 2.45) is 4.99 Å². The molecule has 10 nitrogen and oxygen atoms in total. The fourth-order valence-corrected chi connectivity index (χ4v) is 2.75. The number of rotatable bonds is 6. The van der Waals surface area contributed by atoms with Crippen molar-refractivity contribution in [3.8, 4) is 11.8 Å². The van der Waals surface area contributed by atoms with Gasteiger partial charge in [0.25, 0.3) is 0 Å². The van der Waals surface area contributed by atoms with Gasteiger partial charge in [-0.25, -0.2) is 4.99 Å². The topological polar surface area (TPSA) is 133 Å². The number of H-pyrrole nitrogens is 1. The third kappa shape index (κ3) is 4.01. The Kier molecular flexibility index (Phi) is 5.08. The standard InChI is InChI=1S/C19H19N7O3/c1-29-8-7-20-18-24-16-13(9-12-10-15(27)23-17(12)28)11-21-26(16)19(25-18)22-14-5-3-2-4-6-14/h2-6,9-11,23,27-28H,7-8H2,1H3,(H,20,22,25). The Morgan fingerprint density at radius 2 is 2.07 bits per heavy atom. The smallest absolute Gasteiger partial charge is 0.250 e. The van der Waals surface area contributed by atoms with Crippen LogP contribution in [0, 0.1) is 0 Å². The maximum atomic E-state index is 9.90. The van der Waals surface area contributed by atoms with E-state index in [0.29, 0.717) is 35.5 Å². The molecule has 0 unspecified atom stereocenters. The average Bonchev–Trinajstić information content (AvgIpc) is 3.26. The van der Waals surface area contributed by atoms with Crippen LogP contribution in [0.25, 0.3) is 11.7 Å². The molecule has 0 bridgehead atoms. The second kappa shape index (κ2) is 7.98. The Bertz CT molecular complexity index is 1250. The van der Waals surface area contributed by atoms with Crippen molar-refractivity contribution >= 4 is 23.4 Å². The lowest BCUT2D eigenvalue weighted by Crippen LogP contribution is -2.21. The van der Waals surface area contributed by atoms with Crippen molar-refractivity contribution < 1.29 is 14.9 Å². The Hall–Kier alpha value is -3.92. The Morgan fingerprint density at radius 3 is 2.79 bits per heavy atom. The van der Waals surface area contributed by atoms with Crippen molar-refractivity contribution in [1.82, 2.24) is 24.6 Å². The highest BCUT2D eigenvalue weighted by Crippen LogP contribution is 2.22. The third-order valence-corrected chi connectivity index (χ3v) is 4.09. The second-order valence-corrected chi connectivity index (χ2v) is 6.15. The summed E-state index contributed by atoms with van der Waals surface area (Å²) in [6, 6.07) is 11.0. The van der Waals surface area contributed by atoms with Crippen molar-refractivity contribution in [3.05, 3.63) is 59.0 Å². The summed E-state index contributed by atoms with van der Waals surface area (Å²) in [7, 11) is 1.60. The number of hydrogen-bond donors (Lipinski definition) is 4. The van der Waals surface area contributed by atoms with Crippen LogP contribution in [0.4, 0.5) is 11.6 Å². The first-order chi connectivity index (χ1) is 14.1. The van der Waals surface area contributed by atoms with Gasteiger partial charge < -0.3 is 20.3 Å². The first kappa shape index (κ1) is 18.4. The Balaban J connectivity index is 1.87. The van der Waals surface area contributed by atoms with Gasteiger partial charge in [0.15, 0.2) is 17.4 Å². The number of nitrogens with one attached hydrogen (secondary N) is 2. The van der Waals surface area contributed by atoms with Crippen LogP contribution in [0.5, 0.6) is 11.8 Å². The van der Waals surface area contributed by atoms with Crippen LogP contribution < -0.4 is 16.2 Å². The molecule has 10 heteroatoms. The van der Waals surface area contributed by atoms with Gasteiger partial charge in [-0.3, -0.25) is 4.98 Å². The largest absolute Gasteiger partial charge is 0.494 e. The van der Waals surface area contributed by atoms with E-state index in [-0.39, 0.29) is 17.4 Å². The summed E-state index contributed by atoms with van der Waals surface area (Å²) in [5, 5.41) is 27.6. The van der Waals surface area contributed by atoms with Crippen LogP contribution in [0.3, 0.4) is 0 Å². The number of aromatic nitrogens is 5. The quantitative estimate of drug-likeness (QED) is 0.354. The molecule has 4 rings (SSSR count). The zero-order chi connectivity index (χ0) is 20.2. The number of aromatic amines is 1. The van der Waals surface area contributed by atoms with E-state index >= 15 is 0 Å². The molecular weight excluding hydrogens is 374 g/mol. The van der Waals surface area contributed by atoms with Gasteiger partial charge in [-0.2, -0.15) is 19.6 Å². The van der Waals surface area contributed by atoms with Gasteiger partial charge in [0, 0.05) is 29.6 Å². The summed E-state index contributed by atoms with van der Waals surface area (Å²) < 4.78 is 6.59. The maximum Gasteiger partial charge on any atom is 0.250 e. The highest BCUT2D eigenvalue weighted by molar-refractivity contribution is 5.62. The summed E-state index contributed by atoms with van der Waals surface area (Å²) >= 11 is 0. The number of methoxy groups -OCH3 is 1. The first-order valence-electron chi connectivity index (χ1n) is 8.84. The number of fused-ring (bicyclic) bond motifs is 1. The fraction of sp³-hybridized carbons (Fsp3) is 0.158. The Labute approximate surface area is 164 Å². The molecule has 29 heavy (non-hydrogen) atoms. The second-order valence-electron chi connectivity index (χ2n) is 6.15. The minimum absolute atomic E-state index is 0.137. The molecule has 0 saturated carbocycles. The van der Waals surface area contributed by atoms with E-state index < -0.39 is 0 Å². The van der Waals surface area contributed by atoms with Gasteiger partial charge >= 0.3 is 0 Å². The van der Waals surface area contributed by atoms with E-state index in [1.807, 2.05) is 30.3 Å². The van der Waals surface area contributed by atoms with E-state index in [0.717, 1.165) is 5.69 Å². The highest BCUT2D eigenvalue weighted by Gasteiger charge is 2.10. The maximum absolute atomic E-state index is 9.90. The number of nitrogens with zero attached hydrogens (tertiary/aromatic N) is 5. The van der Waals surface area contributed by atoms with Crippen LogP contribution >= 0.6 is 0 Å². The average molecular weight is 393 g/mol. The molecule has 0 aliphatic rings. The molecule has 0 amide bonds. The van der Waals surface area contributed by atoms with Gasteiger partial charge in [0.2, 0.25) is 11.6 Å². The molecule has 0 spiro atoms. The number of ether oxygens (including phenoxy) is 1. The summed E-state index contributed by atoms with van der Waals surface area (Å²) in [6.07, 6.45) is 3.26. The lowest BCUT2D eigenvalue weighted by atomic mass is 10.2. The fourth-order valence-electron chi connectivity index (χ4n) is 2.75. The summed E-state index contributed by atoms with van der Waals surface area (Å²) in [5.74, 6) is 0.156. The normalized spacial score (nSPS) is 12.7. The van der Waals surface area contributed by atoms with Crippen LogP contribution in [-0.4, -0.2) is 55.0 Å². The molecule has 1 aromatic carbocycles. The number of aromatic hydroxyl groups is 2. The number of para-hydroxylation sites is 1. The molecule has 148 valence electrons. The third-order valence-electron chi connectivity index (χ3n) is 4.09. The van der Waals surface area contributed by atoms with Crippen molar-refractivity contribution in [2.45, 2.75) is 0 Å². The lowest BCUT2D eigenvalue weighted by Gasteiger charge is -2.06. The van der Waals surface area contributed by atoms with Crippen LogP contribution in [0.1, 0.15) is 5.56 Å². The van der Waals surface area contributed by atoms with E-state index in [1.165, 1.54) is 6.07 Å². The molecule has 3 heterocycles. The molecule has 0 fully saturated rings. The molecule has 0 radical (unpaired) electrons. The SMILES string of the molecule is COCCN=c1nc(Nc2ccccc2)n2ncc(=Cc3cc(O)[nH]c3O)c2n1. The molecular formula is C19H19N7O3. The van der Waals surface area contributed by atoms with Gasteiger partial charge in [-0.15, -0.1) is 0 Å². The predicted octanol–water partition coefficient (Wildman–Crippen LogP) is 0.702. The van der Waals surface area contributed by atoms with Gasteiger partial charge in [0.05, 0.1) is 19.3 Å². The van der Waals surface area contributed by atoms with Crippen molar-refractivity contribution in [2.75, 3.05) is 25.6 Å². The van der Waals surface area contributed by atoms with Crippen molar-refractivity contribution in [1.29, 1.82) is 0 Å². The minimum Gasteiger partial charge on any atom is -0.494 e. The monoisotopic (exact) mass is 393 g/mol. The zero-order valence-corrected chi connectivity index (χ0v) is 15.6. The van der Waals surface area contributed by atoms with Gasteiger partial charge in [-0.1, -0.05) is 18.2 Å². The summed E-state index contributed by atoms with van der Waals surface area (Å²) in [6.45, 7) is 0.863. The minimum atomic E-state index is -0.149. The molecule has 4 aromatic rings. The molecule has 0 aliphatic carbocycles. The van der Waals surface area contributed by atoms with Crippen LogP contribution in [0.15, 0.2) is 47.6 Å².